The van der Waals surface area contributed by atoms with Crippen LogP contribution in [0.5, 0.6) is 11.5 Å². The van der Waals surface area contributed by atoms with Crippen molar-refractivity contribution in [3.63, 3.8) is 0 Å². The van der Waals surface area contributed by atoms with Gasteiger partial charge in [0.25, 0.3) is 0 Å². The van der Waals surface area contributed by atoms with Crippen molar-refractivity contribution in [3.05, 3.63) is 39.5 Å². The monoisotopic (exact) mass is 454 g/mol. The van der Waals surface area contributed by atoms with Crippen LogP contribution in [-0.2, 0) is 16.1 Å². The molecule has 0 saturated heterocycles. The molecule has 0 unspecified atom stereocenters. The summed E-state index contributed by atoms with van der Waals surface area (Å²) in [5, 5.41) is 0. The number of rotatable bonds is 5. The number of hydrogen-bond acceptors (Lipinski definition) is 7. The number of benzene rings is 1. The second-order valence-electron chi connectivity index (χ2n) is 5.24. The van der Waals surface area contributed by atoms with Gasteiger partial charge in [-0.2, -0.15) is 4.99 Å². The second kappa shape index (κ2) is 7.97. The first-order chi connectivity index (χ1) is 13.0. The number of carbonyl (C=O) groups excluding carboxylic acids is 2. The zero-order chi connectivity index (χ0) is 19.6. The largest absolute Gasteiger partial charge is 0.493 e. The van der Waals surface area contributed by atoms with Crippen molar-refractivity contribution in [3.8, 4) is 11.5 Å². The Morgan fingerprint density at radius 3 is 2.48 bits per heavy atom. The van der Waals surface area contributed by atoms with E-state index in [2.05, 4.69) is 20.9 Å². The smallest absolute Gasteiger partial charge is 0.325 e. The number of esters is 1. The van der Waals surface area contributed by atoms with Crippen LogP contribution in [0, 0.1) is 0 Å². The number of halogens is 1. The third-order valence-corrected chi connectivity index (χ3v) is 5.15. The fourth-order valence-electron chi connectivity index (χ4n) is 2.40. The maximum absolute atomic E-state index is 12.4. The topological polar surface area (TPSA) is 92.3 Å². The van der Waals surface area contributed by atoms with E-state index in [0.29, 0.717) is 26.5 Å². The molecule has 1 aromatic carbocycles. The summed E-state index contributed by atoms with van der Waals surface area (Å²) in [4.78, 5) is 28.7. The van der Waals surface area contributed by atoms with Crippen molar-refractivity contribution in [2.24, 2.45) is 4.99 Å². The highest BCUT2D eigenvalue weighted by Crippen LogP contribution is 2.33. The van der Waals surface area contributed by atoms with Gasteiger partial charge in [-0.25, -0.2) is 0 Å². The average Bonchev–Trinajstić information content (AvgIpc) is 3.24. The summed E-state index contributed by atoms with van der Waals surface area (Å²) in [5.74, 6) is 0.0709. The fraction of sp³-hybridized carbons (Fsp3) is 0.235. The lowest BCUT2D eigenvalue weighted by Crippen LogP contribution is -2.22. The predicted molar refractivity (Wildman–Crippen MR) is 101 cm³/mol. The minimum Gasteiger partial charge on any atom is -0.493 e. The molecule has 10 heteroatoms. The van der Waals surface area contributed by atoms with Gasteiger partial charge in [0, 0.05) is 12.1 Å². The molecule has 2 aromatic heterocycles. The number of thiazole rings is 1. The van der Waals surface area contributed by atoms with Crippen LogP contribution in [0.2, 0.25) is 0 Å². The van der Waals surface area contributed by atoms with Crippen LogP contribution in [-0.4, -0.2) is 37.8 Å². The van der Waals surface area contributed by atoms with E-state index in [0.717, 1.165) is 4.70 Å². The van der Waals surface area contributed by atoms with E-state index in [1.54, 1.807) is 22.8 Å². The van der Waals surface area contributed by atoms with Crippen LogP contribution in [0.1, 0.15) is 10.6 Å². The van der Waals surface area contributed by atoms with Crippen LogP contribution < -0.4 is 14.3 Å². The fourth-order valence-corrected chi connectivity index (χ4v) is 3.74. The lowest BCUT2D eigenvalue weighted by molar-refractivity contribution is -0.141. The maximum Gasteiger partial charge on any atom is 0.325 e. The molecule has 2 heterocycles. The molecule has 8 nitrogen and oxygen atoms in total. The first-order valence-corrected chi connectivity index (χ1v) is 9.24. The predicted octanol–water partition coefficient (Wildman–Crippen LogP) is 2.99. The number of methoxy groups -OCH3 is 3. The summed E-state index contributed by atoms with van der Waals surface area (Å²) < 4.78 is 23.4. The Morgan fingerprint density at radius 2 is 1.89 bits per heavy atom. The highest BCUT2D eigenvalue weighted by atomic mass is 79.9. The van der Waals surface area contributed by atoms with Crippen LogP contribution in [0.15, 0.2) is 38.3 Å². The highest BCUT2D eigenvalue weighted by molar-refractivity contribution is 9.10. The number of hydrogen-bond donors (Lipinski definition) is 0. The van der Waals surface area contributed by atoms with E-state index < -0.39 is 11.9 Å². The Balaban J connectivity index is 2.20. The van der Waals surface area contributed by atoms with Gasteiger partial charge in [0.05, 0.1) is 31.5 Å². The Bertz CT molecular complexity index is 1080. The molecule has 0 saturated carbocycles. The minimum atomic E-state index is -0.565. The number of nitrogens with zero attached hydrogens (tertiary/aromatic N) is 2. The number of furan rings is 1. The van der Waals surface area contributed by atoms with E-state index in [1.807, 2.05) is 0 Å². The summed E-state index contributed by atoms with van der Waals surface area (Å²) >= 11 is 4.38. The standard InChI is InChI=1S/C17H15BrN2O6S/c1-23-11-6-9-13(7-12(11)24-2)27-17(20(9)8-15(21)25-3)19-16(22)10-4-5-14(18)26-10/h4-7H,8H2,1-3H3. The Hall–Kier alpha value is -2.59. The quantitative estimate of drug-likeness (QED) is 0.550. The summed E-state index contributed by atoms with van der Waals surface area (Å²) in [6, 6.07) is 6.60. The van der Waals surface area contributed by atoms with Gasteiger partial charge in [-0.1, -0.05) is 11.3 Å². The lowest BCUT2D eigenvalue weighted by atomic mass is 10.3. The first kappa shape index (κ1) is 19.2. The molecule has 3 rings (SSSR count). The van der Waals surface area contributed by atoms with Gasteiger partial charge in [0.15, 0.2) is 26.7 Å². The van der Waals surface area contributed by atoms with Gasteiger partial charge in [-0.3, -0.25) is 9.59 Å². The van der Waals surface area contributed by atoms with E-state index in [4.69, 9.17) is 18.6 Å². The van der Waals surface area contributed by atoms with E-state index in [1.165, 1.54) is 38.7 Å². The molecule has 0 atom stereocenters. The second-order valence-corrected chi connectivity index (χ2v) is 7.03. The molecule has 0 N–H and O–H groups in total. The molecule has 142 valence electrons. The third kappa shape index (κ3) is 3.91. The number of ether oxygens (including phenoxy) is 3. The Labute approximate surface area is 166 Å². The van der Waals surface area contributed by atoms with Crippen molar-refractivity contribution in [1.29, 1.82) is 0 Å². The Kier molecular flexibility index (Phi) is 5.66. The molecule has 1 amide bonds. The van der Waals surface area contributed by atoms with Crippen LogP contribution in [0.4, 0.5) is 0 Å². The van der Waals surface area contributed by atoms with Gasteiger partial charge in [-0.15, -0.1) is 0 Å². The van der Waals surface area contributed by atoms with Gasteiger partial charge >= 0.3 is 11.9 Å². The number of carbonyl (C=O) groups is 2. The van der Waals surface area contributed by atoms with Crippen LogP contribution in [0.3, 0.4) is 0 Å². The lowest BCUT2D eigenvalue weighted by Gasteiger charge is -2.08. The SMILES string of the molecule is COC(=O)Cn1c(=NC(=O)c2ccc(Br)o2)sc2cc(OC)c(OC)cc21. The summed E-state index contributed by atoms with van der Waals surface area (Å²) in [6.07, 6.45) is 0. The van der Waals surface area contributed by atoms with Crippen molar-refractivity contribution < 1.29 is 28.2 Å². The highest BCUT2D eigenvalue weighted by Gasteiger charge is 2.17. The summed E-state index contributed by atoms with van der Waals surface area (Å²) in [6.45, 7) is -0.111. The van der Waals surface area contributed by atoms with Crippen LogP contribution >= 0.6 is 27.3 Å². The van der Waals surface area contributed by atoms with Gasteiger partial charge < -0.3 is 23.2 Å². The molecule has 0 fully saturated rings. The number of aromatic nitrogens is 1. The zero-order valence-corrected chi connectivity index (χ0v) is 17.0. The molecule has 0 aliphatic rings. The van der Waals surface area contributed by atoms with E-state index >= 15 is 0 Å². The van der Waals surface area contributed by atoms with Gasteiger partial charge in [0.2, 0.25) is 0 Å². The van der Waals surface area contributed by atoms with Gasteiger partial charge in [-0.05, 0) is 28.1 Å². The molecule has 27 heavy (non-hydrogen) atoms. The number of amides is 1. The zero-order valence-electron chi connectivity index (χ0n) is 14.6. The van der Waals surface area contributed by atoms with Crippen molar-refractivity contribution in [2.45, 2.75) is 6.54 Å². The molecule has 0 aliphatic carbocycles. The molecular formula is C17H15BrN2O6S. The average molecular weight is 455 g/mol. The van der Waals surface area contributed by atoms with Gasteiger partial charge in [0.1, 0.15) is 6.54 Å². The van der Waals surface area contributed by atoms with E-state index in [-0.39, 0.29) is 12.3 Å². The molecular weight excluding hydrogens is 440 g/mol. The normalized spacial score (nSPS) is 11.6. The molecule has 0 bridgehead atoms. The Morgan fingerprint density at radius 1 is 1.19 bits per heavy atom. The van der Waals surface area contributed by atoms with Crippen molar-refractivity contribution in [1.82, 2.24) is 4.57 Å². The molecule has 0 aliphatic heterocycles. The minimum absolute atomic E-state index is 0.0825. The van der Waals surface area contributed by atoms with Crippen LogP contribution in [0.25, 0.3) is 10.2 Å². The van der Waals surface area contributed by atoms with E-state index in [9.17, 15) is 9.59 Å². The third-order valence-electron chi connectivity index (χ3n) is 3.68. The van der Waals surface area contributed by atoms with Crippen molar-refractivity contribution in [2.75, 3.05) is 21.3 Å². The van der Waals surface area contributed by atoms with Crippen molar-refractivity contribution >= 4 is 49.4 Å². The first-order valence-electron chi connectivity index (χ1n) is 7.63. The molecule has 3 aromatic rings. The summed E-state index contributed by atoms with van der Waals surface area (Å²) in [7, 11) is 4.34. The maximum atomic E-state index is 12.4. The molecule has 0 radical (unpaired) electrons. The molecule has 0 spiro atoms. The summed E-state index contributed by atoms with van der Waals surface area (Å²) in [5.41, 5.74) is 0.662. The number of fused-ring (bicyclic) bond motifs is 1.